The van der Waals surface area contributed by atoms with E-state index in [1.807, 2.05) is 0 Å². The molecule has 0 aliphatic heterocycles. The van der Waals surface area contributed by atoms with E-state index in [4.69, 9.17) is 19.3 Å². The van der Waals surface area contributed by atoms with E-state index in [-0.39, 0.29) is 5.30 Å². The fourth-order valence-corrected chi connectivity index (χ4v) is 1.57. The second-order valence-electron chi connectivity index (χ2n) is 2.88. The average Bonchev–Trinajstić information content (AvgIpc) is 2.17. The zero-order valence-electron chi connectivity index (χ0n) is 8.29. The van der Waals surface area contributed by atoms with Crippen molar-refractivity contribution in [3.05, 3.63) is 24.3 Å². The smallest absolute Gasteiger partial charge is 0.356 e. The first-order chi connectivity index (χ1) is 7.04. The predicted octanol–water partition coefficient (Wildman–Crippen LogP) is 0.515. The normalized spacial score (nSPS) is 11.4. The molecule has 84 valence electrons. The molecule has 0 saturated heterocycles. The minimum absolute atomic E-state index is 0.0441. The third-order valence-corrected chi connectivity index (χ3v) is 2.66. The lowest BCUT2D eigenvalue weighted by Gasteiger charge is -2.08. The van der Waals surface area contributed by atoms with Crippen molar-refractivity contribution in [1.29, 1.82) is 0 Å². The first-order valence-corrected chi connectivity index (χ1v) is 5.93. The number of methoxy groups -OCH3 is 1. The summed E-state index contributed by atoms with van der Waals surface area (Å²) in [5.41, 5.74) is 0. The van der Waals surface area contributed by atoms with E-state index < -0.39 is 7.60 Å². The van der Waals surface area contributed by atoms with Crippen molar-refractivity contribution in [2.24, 2.45) is 0 Å². The predicted molar refractivity (Wildman–Crippen MR) is 55.5 cm³/mol. The Labute approximate surface area is 87.8 Å². The molecule has 0 saturated carbocycles. The number of hydrogen-bond acceptors (Lipinski definition) is 3. The lowest BCUT2D eigenvalue weighted by Crippen LogP contribution is -2.07. The molecule has 1 rings (SSSR count). The van der Waals surface area contributed by atoms with Gasteiger partial charge in [0.2, 0.25) is 0 Å². The lowest BCUT2D eigenvalue weighted by molar-refractivity contribution is 0.146. The molecule has 0 aromatic heterocycles. The van der Waals surface area contributed by atoms with E-state index >= 15 is 0 Å². The summed E-state index contributed by atoms with van der Waals surface area (Å²) in [7, 11) is -2.64. The quantitative estimate of drug-likeness (QED) is 0.571. The van der Waals surface area contributed by atoms with E-state index in [0.29, 0.717) is 19.0 Å². The summed E-state index contributed by atoms with van der Waals surface area (Å²) >= 11 is 0. The molecule has 0 amide bonds. The Kier molecular flexibility index (Phi) is 4.29. The van der Waals surface area contributed by atoms with Crippen LogP contribution in [-0.4, -0.2) is 30.1 Å². The SMILES string of the molecule is COCCOc1cccc(P(=O)(O)O)c1. The molecule has 1 aromatic carbocycles. The van der Waals surface area contributed by atoms with Crippen LogP contribution in [0.2, 0.25) is 0 Å². The summed E-state index contributed by atoms with van der Waals surface area (Å²) in [6.45, 7) is 0.779. The minimum Gasteiger partial charge on any atom is -0.491 e. The molecule has 0 fully saturated rings. The molecule has 5 nitrogen and oxygen atoms in total. The zero-order valence-corrected chi connectivity index (χ0v) is 9.18. The van der Waals surface area contributed by atoms with Crippen molar-refractivity contribution in [1.82, 2.24) is 0 Å². The van der Waals surface area contributed by atoms with E-state index in [9.17, 15) is 4.57 Å². The van der Waals surface area contributed by atoms with Crippen LogP contribution in [0.1, 0.15) is 0 Å². The lowest BCUT2D eigenvalue weighted by atomic mass is 10.3. The van der Waals surface area contributed by atoms with E-state index in [1.54, 1.807) is 13.2 Å². The highest BCUT2D eigenvalue weighted by Gasteiger charge is 2.16. The van der Waals surface area contributed by atoms with Crippen LogP contribution in [0.4, 0.5) is 0 Å². The minimum atomic E-state index is -4.20. The highest BCUT2D eigenvalue weighted by atomic mass is 31.2. The first-order valence-electron chi connectivity index (χ1n) is 4.32. The van der Waals surface area contributed by atoms with E-state index in [0.717, 1.165) is 0 Å². The summed E-state index contributed by atoms with van der Waals surface area (Å²) in [4.78, 5) is 17.8. The standard InChI is InChI=1S/C9H13O5P/c1-13-5-6-14-8-3-2-4-9(7-8)15(10,11)12/h2-4,7H,5-6H2,1H3,(H2,10,11,12). The van der Waals surface area contributed by atoms with Crippen molar-refractivity contribution < 1.29 is 23.8 Å². The number of rotatable bonds is 5. The molecule has 0 spiro atoms. The summed E-state index contributed by atoms with van der Waals surface area (Å²) < 4.78 is 20.9. The van der Waals surface area contributed by atoms with Crippen molar-refractivity contribution in [3.8, 4) is 5.75 Å². The van der Waals surface area contributed by atoms with Gasteiger partial charge in [0.05, 0.1) is 11.9 Å². The van der Waals surface area contributed by atoms with Gasteiger partial charge >= 0.3 is 7.60 Å². The van der Waals surface area contributed by atoms with Crippen LogP contribution in [-0.2, 0) is 9.30 Å². The second-order valence-corrected chi connectivity index (χ2v) is 4.49. The maximum atomic E-state index is 10.9. The maximum Gasteiger partial charge on any atom is 0.356 e. The van der Waals surface area contributed by atoms with Crippen LogP contribution in [0.15, 0.2) is 24.3 Å². The molecule has 6 heteroatoms. The topological polar surface area (TPSA) is 76.0 Å². The largest absolute Gasteiger partial charge is 0.491 e. The molecule has 0 atom stereocenters. The number of hydrogen-bond donors (Lipinski definition) is 2. The Hall–Kier alpha value is -0.870. The molecule has 0 bridgehead atoms. The molecule has 0 aliphatic carbocycles. The number of benzene rings is 1. The van der Waals surface area contributed by atoms with Crippen LogP contribution >= 0.6 is 7.60 Å². The van der Waals surface area contributed by atoms with Gasteiger partial charge < -0.3 is 19.3 Å². The Morgan fingerprint density at radius 2 is 2.07 bits per heavy atom. The van der Waals surface area contributed by atoms with Crippen LogP contribution in [0, 0.1) is 0 Å². The molecule has 0 unspecified atom stereocenters. The Morgan fingerprint density at radius 1 is 1.33 bits per heavy atom. The van der Waals surface area contributed by atoms with Crippen molar-refractivity contribution in [3.63, 3.8) is 0 Å². The van der Waals surface area contributed by atoms with Crippen LogP contribution in [0.5, 0.6) is 5.75 Å². The maximum absolute atomic E-state index is 10.9. The molecule has 1 aromatic rings. The van der Waals surface area contributed by atoms with Crippen LogP contribution < -0.4 is 10.0 Å². The summed E-state index contributed by atoms with van der Waals surface area (Å²) in [6, 6.07) is 5.87. The molecule has 2 N–H and O–H groups in total. The van der Waals surface area contributed by atoms with Crippen molar-refractivity contribution in [2.75, 3.05) is 20.3 Å². The van der Waals surface area contributed by atoms with Gasteiger partial charge in [-0.1, -0.05) is 6.07 Å². The monoisotopic (exact) mass is 232 g/mol. The first kappa shape index (κ1) is 12.2. The highest BCUT2D eigenvalue weighted by molar-refractivity contribution is 7.60. The fraction of sp³-hybridized carbons (Fsp3) is 0.333. The molecule has 15 heavy (non-hydrogen) atoms. The van der Waals surface area contributed by atoms with Gasteiger partial charge in [-0.25, -0.2) is 0 Å². The van der Waals surface area contributed by atoms with Gasteiger partial charge in [0.25, 0.3) is 0 Å². The van der Waals surface area contributed by atoms with Gasteiger partial charge in [0, 0.05) is 7.11 Å². The van der Waals surface area contributed by atoms with E-state index in [1.165, 1.54) is 18.2 Å². The third-order valence-electron chi connectivity index (χ3n) is 1.71. The highest BCUT2D eigenvalue weighted by Crippen LogP contribution is 2.33. The molecule has 0 radical (unpaired) electrons. The van der Waals surface area contributed by atoms with Crippen molar-refractivity contribution in [2.45, 2.75) is 0 Å². The Bertz CT molecular complexity index is 359. The third kappa shape index (κ3) is 4.01. The van der Waals surface area contributed by atoms with Crippen molar-refractivity contribution >= 4 is 12.9 Å². The molecule has 0 heterocycles. The molecule has 0 aliphatic rings. The Balaban J connectivity index is 2.71. The number of ether oxygens (including phenoxy) is 2. The average molecular weight is 232 g/mol. The van der Waals surface area contributed by atoms with Gasteiger partial charge in [-0.2, -0.15) is 0 Å². The van der Waals surface area contributed by atoms with Gasteiger partial charge in [0.1, 0.15) is 12.4 Å². The van der Waals surface area contributed by atoms with E-state index in [2.05, 4.69) is 0 Å². The van der Waals surface area contributed by atoms with Crippen LogP contribution in [0.25, 0.3) is 0 Å². The van der Waals surface area contributed by atoms with Crippen LogP contribution in [0.3, 0.4) is 0 Å². The fourth-order valence-electron chi connectivity index (χ4n) is 0.997. The summed E-state index contributed by atoms with van der Waals surface area (Å²) in [6.07, 6.45) is 0. The summed E-state index contributed by atoms with van der Waals surface area (Å²) in [5.74, 6) is 0.424. The summed E-state index contributed by atoms with van der Waals surface area (Å²) in [5, 5.41) is -0.0441. The zero-order chi connectivity index (χ0) is 11.3. The molecular formula is C9H13O5P. The Morgan fingerprint density at radius 3 is 2.67 bits per heavy atom. The second kappa shape index (κ2) is 5.28. The van der Waals surface area contributed by atoms with Gasteiger partial charge in [-0.3, -0.25) is 4.57 Å². The van der Waals surface area contributed by atoms with Gasteiger partial charge in [-0.15, -0.1) is 0 Å². The molecular weight excluding hydrogens is 219 g/mol. The van der Waals surface area contributed by atoms with Gasteiger partial charge in [-0.05, 0) is 18.2 Å². The van der Waals surface area contributed by atoms with Gasteiger partial charge in [0.15, 0.2) is 0 Å².